The summed E-state index contributed by atoms with van der Waals surface area (Å²) in [6.07, 6.45) is 0.402. The summed E-state index contributed by atoms with van der Waals surface area (Å²) < 4.78 is 13.2. The number of rotatable bonds is 1. The van der Waals surface area contributed by atoms with Gasteiger partial charge in [0.25, 0.3) is 0 Å². The molecule has 2 rings (SSSR count). The van der Waals surface area contributed by atoms with Crippen LogP contribution >= 0.6 is 11.6 Å². The number of hydrogen-bond acceptors (Lipinski definition) is 2. The predicted molar refractivity (Wildman–Crippen MR) is 56.5 cm³/mol. The van der Waals surface area contributed by atoms with Crippen LogP contribution in [0.1, 0.15) is 24.3 Å². The molecule has 5 heteroatoms. The summed E-state index contributed by atoms with van der Waals surface area (Å²) in [6, 6.07) is 4.35. The van der Waals surface area contributed by atoms with Crippen molar-refractivity contribution in [1.82, 2.24) is 5.32 Å². The van der Waals surface area contributed by atoms with Gasteiger partial charge in [0.2, 0.25) is 11.8 Å². The molecule has 1 saturated heterocycles. The second-order valence-electron chi connectivity index (χ2n) is 3.75. The van der Waals surface area contributed by atoms with Gasteiger partial charge in [-0.05, 0) is 17.7 Å². The summed E-state index contributed by atoms with van der Waals surface area (Å²) in [4.78, 5) is 22.3. The Labute approximate surface area is 96.6 Å². The third-order valence-electron chi connectivity index (χ3n) is 2.56. The van der Waals surface area contributed by atoms with Gasteiger partial charge in [-0.3, -0.25) is 14.9 Å². The standard InChI is InChI=1S/C11H9ClFNO2/c12-8-2-1-6(3-9(8)13)7-4-10(15)14-11(16)5-7/h1-3,7H,4-5H2,(H,14,15,16). The van der Waals surface area contributed by atoms with Gasteiger partial charge >= 0.3 is 0 Å². The van der Waals surface area contributed by atoms with Crippen LogP contribution in [-0.4, -0.2) is 11.8 Å². The minimum atomic E-state index is -0.530. The SMILES string of the molecule is O=C1CC(c2ccc(Cl)c(F)c2)CC(=O)N1. The van der Waals surface area contributed by atoms with Gasteiger partial charge < -0.3 is 0 Å². The molecule has 0 spiro atoms. The number of benzene rings is 1. The van der Waals surface area contributed by atoms with Gasteiger partial charge in [-0.1, -0.05) is 17.7 Å². The van der Waals surface area contributed by atoms with Crippen molar-refractivity contribution < 1.29 is 14.0 Å². The second-order valence-corrected chi connectivity index (χ2v) is 4.16. The number of carbonyl (C=O) groups excluding carboxylic acids is 2. The van der Waals surface area contributed by atoms with Gasteiger partial charge in [0.05, 0.1) is 5.02 Å². The van der Waals surface area contributed by atoms with E-state index < -0.39 is 5.82 Å². The number of hydrogen-bond donors (Lipinski definition) is 1. The van der Waals surface area contributed by atoms with Crippen molar-refractivity contribution in [3.8, 4) is 0 Å². The molecular weight excluding hydrogens is 233 g/mol. The number of carbonyl (C=O) groups is 2. The third kappa shape index (κ3) is 2.22. The maximum Gasteiger partial charge on any atom is 0.227 e. The predicted octanol–water partition coefficient (Wildman–Crippen LogP) is 2.00. The smallest absolute Gasteiger partial charge is 0.227 e. The highest BCUT2D eigenvalue weighted by atomic mass is 35.5. The lowest BCUT2D eigenvalue weighted by Crippen LogP contribution is -2.37. The van der Waals surface area contributed by atoms with Crippen molar-refractivity contribution in [3.05, 3.63) is 34.6 Å². The number of piperidine rings is 1. The fourth-order valence-electron chi connectivity index (χ4n) is 1.78. The molecule has 1 aliphatic heterocycles. The van der Waals surface area contributed by atoms with Crippen LogP contribution in [0.4, 0.5) is 4.39 Å². The Kier molecular flexibility index (Phi) is 2.92. The van der Waals surface area contributed by atoms with Crippen molar-refractivity contribution in [1.29, 1.82) is 0 Å². The van der Waals surface area contributed by atoms with Crippen LogP contribution in [0.5, 0.6) is 0 Å². The fourth-order valence-corrected chi connectivity index (χ4v) is 1.90. The average Bonchev–Trinajstić information content (AvgIpc) is 2.20. The van der Waals surface area contributed by atoms with E-state index in [0.29, 0.717) is 5.56 Å². The average molecular weight is 242 g/mol. The molecule has 2 amide bonds. The van der Waals surface area contributed by atoms with Crippen molar-refractivity contribution in [2.45, 2.75) is 18.8 Å². The lowest BCUT2D eigenvalue weighted by atomic mass is 9.89. The molecule has 0 saturated carbocycles. The van der Waals surface area contributed by atoms with E-state index in [0.717, 1.165) is 0 Å². The Morgan fingerprint density at radius 1 is 1.25 bits per heavy atom. The topological polar surface area (TPSA) is 46.2 Å². The first-order valence-corrected chi connectivity index (χ1v) is 5.21. The van der Waals surface area contributed by atoms with E-state index in [1.54, 1.807) is 6.07 Å². The zero-order valence-corrected chi connectivity index (χ0v) is 9.05. The van der Waals surface area contributed by atoms with Crippen LogP contribution in [0.25, 0.3) is 0 Å². The maximum absolute atomic E-state index is 13.2. The fraction of sp³-hybridized carbons (Fsp3) is 0.273. The van der Waals surface area contributed by atoms with E-state index in [-0.39, 0.29) is 35.6 Å². The van der Waals surface area contributed by atoms with Crippen LogP contribution < -0.4 is 5.32 Å². The molecule has 0 aliphatic carbocycles. The highest BCUT2D eigenvalue weighted by Gasteiger charge is 2.26. The Morgan fingerprint density at radius 2 is 1.88 bits per heavy atom. The molecule has 1 N–H and O–H groups in total. The van der Waals surface area contributed by atoms with Crippen LogP contribution in [0, 0.1) is 5.82 Å². The molecule has 0 bridgehead atoms. The Balaban J connectivity index is 2.26. The molecule has 0 aromatic heterocycles. The monoisotopic (exact) mass is 241 g/mol. The summed E-state index contributed by atoms with van der Waals surface area (Å²) in [5, 5.41) is 2.24. The van der Waals surface area contributed by atoms with Crippen LogP contribution in [0.3, 0.4) is 0 Å². The molecule has 1 aliphatic rings. The van der Waals surface area contributed by atoms with Gasteiger partial charge in [-0.25, -0.2) is 4.39 Å². The van der Waals surface area contributed by atoms with Crippen molar-refractivity contribution in [3.63, 3.8) is 0 Å². The first-order valence-electron chi connectivity index (χ1n) is 4.84. The first kappa shape index (κ1) is 11.1. The second kappa shape index (κ2) is 4.22. The molecule has 0 unspecified atom stereocenters. The third-order valence-corrected chi connectivity index (χ3v) is 2.86. The molecule has 16 heavy (non-hydrogen) atoms. The molecular formula is C11H9ClFNO2. The summed E-state index contributed by atoms with van der Waals surface area (Å²) in [5.74, 6) is -1.43. The molecule has 0 atom stereocenters. The van der Waals surface area contributed by atoms with E-state index in [2.05, 4.69) is 5.32 Å². The lowest BCUT2D eigenvalue weighted by molar-refractivity contribution is -0.133. The molecule has 84 valence electrons. The highest BCUT2D eigenvalue weighted by Crippen LogP contribution is 2.28. The number of imide groups is 1. The molecule has 1 aromatic rings. The normalized spacial score (nSPS) is 17.4. The van der Waals surface area contributed by atoms with Crippen LogP contribution in [0.15, 0.2) is 18.2 Å². The highest BCUT2D eigenvalue weighted by molar-refractivity contribution is 6.30. The molecule has 1 heterocycles. The maximum atomic E-state index is 13.2. The summed E-state index contributed by atoms with van der Waals surface area (Å²) in [5.41, 5.74) is 0.630. The van der Waals surface area contributed by atoms with Gasteiger partial charge in [-0.15, -0.1) is 0 Å². The largest absolute Gasteiger partial charge is 0.296 e. The number of nitrogens with one attached hydrogen (secondary N) is 1. The Bertz CT molecular complexity index is 445. The van der Waals surface area contributed by atoms with Gasteiger partial charge in [0, 0.05) is 18.8 Å². The molecule has 1 fully saturated rings. The van der Waals surface area contributed by atoms with E-state index in [9.17, 15) is 14.0 Å². The number of halogens is 2. The zero-order chi connectivity index (χ0) is 11.7. The van der Waals surface area contributed by atoms with E-state index in [1.807, 2.05) is 0 Å². The summed E-state index contributed by atoms with van der Waals surface area (Å²) in [6.45, 7) is 0. The van der Waals surface area contributed by atoms with Crippen molar-refractivity contribution in [2.24, 2.45) is 0 Å². The van der Waals surface area contributed by atoms with Gasteiger partial charge in [-0.2, -0.15) is 0 Å². The Morgan fingerprint density at radius 3 is 2.44 bits per heavy atom. The molecule has 1 aromatic carbocycles. The van der Waals surface area contributed by atoms with E-state index >= 15 is 0 Å². The Hall–Kier alpha value is -1.42. The summed E-state index contributed by atoms with van der Waals surface area (Å²) >= 11 is 5.56. The molecule has 3 nitrogen and oxygen atoms in total. The van der Waals surface area contributed by atoms with Crippen LogP contribution in [0.2, 0.25) is 5.02 Å². The minimum absolute atomic E-state index is 0.0373. The van der Waals surface area contributed by atoms with E-state index in [4.69, 9.17) is 11.6 Å². The minimum Gasteiger partial charge on any atom is -0.296 e. The van der Waals surface area contributed by atoms with Crippen molar-refractivity contribution in [2.75, 3.05) is 0 Å². The van der Waals surface area contributed by atoms with Gasteiger partial charge in [0.1, 0.15) is 5.82 Å². The number of amides is 2. The molecule has 0 radical (unpaired) electrons. The quantitative estimate of drug-likeness (QED) is 0.765. The first-order chi connectivity index (χ1) is 7.56. The summed E-state index contributed by atoms with van der Waals surface area (Å²) in [7, 11) is 0. The zero-order valence-electron chi connectivity index (χ0n) is 8.30. The van der Waals surface area contributed by atoms with E-state index in [1.165, 1.54) is 12.1 Å². The van der Waals surface area contributed by atoms with Crippen LogP contribution in [-0.2, 0) is 9.59 Å². The van der Waals surface area contributed by atoms with Gasteiger partial charge in [0.15, 0.2) is 0 Å². The lowest BCUT2D eigenvalue weighted by Gasteiger charge is -2.21. The van der Waals surface area contributed by atoms with Crippen molar-refractivity contribution >= 4 is 23.4 Å².